The number of aromatic nitrogens is 3. The molecular weight excluding hydrogens is 425 g/mol. The monoisotopic (exact) mass is 453 g/mol. The normalized spacial score (nSPS) is 17.5. The Kier molecular flexibility index (Phi) is 6.35. The highest BCUT2D eigenvalue weighted by molar-refractivity contribution is 8.00. The first-order valence-corrected chi connectivity index (χ1v) is 11.6. The van der Waals surface area contributed by atoms with E-state index in [2.05, 4.69) is 23.2 Å². The number of para-hydroxylation sites is 1. The Morgan fingerprint density at radius 1 is 1.12 bits per heavy atom. The zero-order valence-corrected chi connectivity index (χ0v) is 19.8. The van der Waals surface area contributed by atoms with Crippen molar-refractivity contribution in [2.75, 3.05) is 19.0 Å². The first-order chi connectivity index (χ1) is 15.3. The molecule has 0 saturated carbocycles. The van der Waals surface area contributed by atoms with Crippen LogP contribution in [0.3, 0.4) is 0 Å². The van der Waals surface area contributed by atoms with E-state index in [1.54, 1.807) is 12.1 Å². The number of rotatable bonds is 6. The second kappa shape index (κ2) is 9.03. The van der Waals surface area contributed by atoms with Crippen molar-refractivity contribution >= 4 is 23.4 Å². The van der Waals surface area contributed by atoms with E-state index in [0.29, 0.717) is 5.16 Å². The third-order valence-electron chi connectivity index (χ3n) is 5.97. The van der Waals surface area contributed by atoms with Crippen LogP contribution in [0.15, 0.2) is 53.7 Å². The number of nitrogens with zero attached hydrogens (tertiary/aromatic N) is 5. The van der Waals surface area contributed by atoms with Crippen LogP contribution >= 0.6 is 11.8 Å². The lowest BCUT2D eigenvalue weighted by Crippen LogP contribution is -2.40. The first kappa shape index (κ1) is 22.5. The van der Waals surface area contributed by atoms with Crippen molar-refractivity contribution in [3.63, 3.8) is 0 Å². The van der Waals surface area contributed by atoms with Gasteiger partial charge >= 0.3 is 0 Å². The zero-order valence-electron chi connectivity index (χ0n) is 19.0. The summed E-state index contributed by atoms with van der Waals surface area (Å²) in [4.78, 5) is 17.4. The molecule has 168 valence electrons. The van der Waals surface area contributed by atoms with Crippen molar-refractivity contribution in [3.8, 4) is 5.69 Å². The smallest absolute Gasteiger partial charge is 0.240 e. The molecule has 1 aromatic heterocycles. The largest absolute Gasteiger partial charge is 0.308 e. The van der Waals surface area contributed by atoms with E-state index < -0.39 is 0 Å². The lowest BCUT2D eigenvalue weighted by atomic mass is 10.1. The summed E-state index contributed by atoms with van der Waals surface area (Å²) in [5, 5.41) is 9.09. The Balaban J connectivity index is 1.65. The summed E-state index contributed by atoms with van der Waals surface area (Å²) in [6, 6.07) is 14.4. The number of thioether (sulfide) groups is 1. The van der Waals surface area contributed by atoms with Crippen LogP contribution in [-0.4, -0.2) is 51.0 Å². The summed E-state index contributed by atoms with van der Waals surface area (Å²) in [5.74, 6) is 0.482. The molecule has 0 unspecified atom stereocenters. The third-order valence-corrected chi connectivity index (χ3v) is 7.00. The molecule has 6 nitrogen and oxygen atoms in total. The van der Waals surface area contributed by atoms with Gasteiger partial charge in [0.2, 0.25) is 5.91 Å². The molecule has 2 aromatic carbocycles. The molecule has 0 bridgehead atoms. The van der Waals surface area contributed by atoms with Crippen molar-refractivity contribution < 1.29 is 9.18 Å². The molecule has 2 heterocycles. The fourth-order valence-corrected chi connectivity index (χ4v) is 4.92. The quantitative estimate of drug-likeness (QED) is 0.515. The summed E-state index contributed by atoms with van der Waals surface area (Å²) in [7, 11) is 3.94. The molecular formula is C24H28FN5OS. The van der Waals surface area contributed by atoms with Crippen molar-refractivity contribution in [1.82, 2.24) is 19.7 Å². The number of hydrogen-bond donors (Lipinski definition) is 0. The van der Waals surface area contributed by atoms with Crippen molar-refractivity contribution in [3.05, 3.63) is 65.7 Å². The summed E-state index contributed by atoms with van der Waals surface area (Å²) in [5.41, 5.74) is 2.95. The minimum atomic E-state index is -0.366. The van der Waals surface area contributed by atoms with Crippen LogP contribution in [0, 0.1) is 5.82 Å². The van der Waals surface area contributed by atoms with Gasteiger partial charge in [-0.15, -0.1) is 10.2 Å². The summed E-state index contributed by atoms with van der Waals surface area (Å²) in [6.07, 6.45) is 0.857. The molecule has 1 aliphatic rings. The molecule has 0 radical (unpaired) electrons. The highest BCUT2D eigenvalue weighted by Gasteiger charge is 2.34. The second-order valence-corrected chi connectivity index (χ2v) is 9.75. The maximum absolute atomic E-state index is 13.6. The molecule has 4 rings (SSSR count). The SMILES string of the molecule is C[C@H](Sc1nnc([C@H](C)N(C)C)n1-c1ccc(F)cc1)C(=O)N1c2ccccc2C[C@H]1C. The van der Waals surface area contributed by atoms with Gasteiger partial charge in [0.15, 0.2) is 11.0 Å². The Hall–Kier alpha value is -2.71. The Labute approximate surface area is 192 Å². The van der Waals surface area contributed by atoms with Gasteiger partial charge in [-0.25, -0.2) is 4.39 Å². The summed E-state index contributed by atoms with van der Waals surface area (Å²) < 4.78 is 15.5. The number of halogens is 1. The van der Waals surface area contributed by atoms with Gasteiger partial charge in [-0.2, -0.15) is 0 Å². The molecule has 8 heteroatoms. The third kappa shape index (κ3) is 4.17. The highest BCUT2D eigenvalue weighted by Crippen LogP contribution is 2.35. The Morgan fingerprint density at radius 3 is 2.50 bits per heavy atom. The van der Waals surface area contributed by atoms with E-state index in [0.717, 1.165) is 23.6 Å². The van der Waals surface area contributed by atoms with E-state index in [1.807, 2.05) is 60.5 Å². The van der Waals surface area contributed by atoms with E-state index in [4.69, 9.17) is 0 Å². The Bertz CT molecular complexity index is 1110. The lowest BCUT2D eigenvalue weighted by Gasteiger charge is -2.26. The van der Waals surface area contributed by atoms with Crippen molar-refractivity contribution in [1.29, 1.82) is 0 Å². The van der Waals surface area contributed by atoms with Crippen LogP contribution < -0.4 is 4.90 Å². The van der Waals surface area contributed by atoms with Crippen LogP contribution in [0.2, 0.25) is 0 Å². The molecule has 3 aromatic rings. The number of fused-ring (bicyclic) bond motifs is 1. The molecule has 0 saturated heterocycles. The number of carbonyl (C=O) groups excluding carboxylic acids is 1. The number of carbonyl (C=O) groups is 1. The molecule has 0 spiro atoms. The van der Waals surface area contributed by atoms with Gasteiger partial charge in [0.05, 0.1) is 11.3 Å². The van der Waals surface area contributed by atoms with Crippen LogP contribution in [-0.2, 0) is 11.2 Å². The summed E-state index contributed by atoms with van der Waals surface area (Å²) >= 11 is 1.38. The van der Waals surface area contributed by atoms with Crippen molar-refractivity contribution in [2.24, 2.45) is 0 Å². The number of anilines is 1. The first-order valence-electron chi connectivity index (χ1n) is 10.7. The van der Waals surface area contributed by atoms with Crippen LogP contribution in [0.4, 0.5) is 10.1 Å². The fourth-order valence-electron chi connectivity index (χ4n) is 4.00. The number of benzene rings is 2. The molecule has 0 aliphatic carbocycles. The van der Waals surface area contributed by atoms with Crippen LogP contribution in [0.1, 0.15) is 38.2 Å². The average molecular weight is 454 g/mol. The maximum Gasteiger partial charge on any atom is 0.240 e. The van der Waals surface area contributed by atoms with E-state index in [1.165, 1.54) is 29.5 Å². The van der Waals surface area contributed by atoms with Crippen molar-refractivity contribution in [2.45, 2.75) is 49.7 Å². The minimum absolute atomic E-state index is 0.0154. The second-order valence-electron chi connectivity index (χ2n) is 8.44. The standard InChI is InChI=1S/C24H28FN5OS/c1-15-14-18-8-6-7-9-21(18)29(15)23(31)17(3)32-24-27-26-22(16(2)28(4)5)30(24)20-12-10-19(25)11-13-20/h6-13,15-17H,14H2,1-5H3/t15-,16+,17+/m1/s1. The molecule has 3 atom stereocenters. The highest BCUT2D eigenvalue weighted by atomic mass is 32.2. The fraction of sp³-hybridized carbons (Fsp3) is 0.375. The van der Waals surface area contributed by atoms with Gasteiger partial charge in [0, 0.05) is 17.4 Å². The maximum atomic E-state index is 13.6. The van der Waals surface area contributed by atoms with Crippen LogP contribution in [0.25, 0.3) is 5.69 Å². The van der Waals surface area contributed by atoms with Crippen LogP contribution in [0.5, 0.6) is 0 Å². The van der Waals surface area contributed by atoms with Gasteiger partial charge in [0.1, 0.15) is 5.82 Å². The van der Waals surface area contributed by atoms with E-state index in [-0.39, 0.29) is 29.1 Å². The predicted molar refractivity (Wildman–Crippen MR) is 126 cm³/mol. The molecule has 0 N–H and O–H groups in total. The summed E-state index contributed by atoms with van der Waals surface area (Å²) in [6.45, 7) is 6.02. The van der Waals surface area contributed by atoms with Gasteiger partial charge in [0.25, 0.3) is 0 Å². The van der Waals surface area contributed by atoms with Gasteiger partial charge < -0.3 is 4.90 Å². The molecule has 32 heavy (non-hydrogen) atoms. The average Bonchev–Trinajstić information content (AvgIpc) is 3.33. The molecule has 1 amide bonds. The topological polar surface area (TPSA) is 54.3 Å². The molecule has 0 fully saturated rings. The lowest BCUT2D eigenvalue weighted by molar-refractivity contribution is -0.118. The van der Waals surface area contributed by atoms with Gasteiger partial charge in [-0.3, -0.25) is 14.3 Å². The zero-order chi connectivity index (χ0) is 23.0. The van der Waals surface area contributed by atoms with Gasteiger partial charge in [-0.1, -0.05) is 30.0 Å². The van der Waals surface area contributed by atoms with Gasteiger partial charge in [-0.05, 0) is 77.2 Å². The molecule has 1 aliphatic heterocycles. The minimum Gasteiger partial charge on any atom is -0.308 e. The number of hydrogen-bond acceptors (Lipinski definition) is 5. The number of amides is 1. The Morgan fingerprint density at radius 2 is 1.81 bits per heavy atom. The predicted octanol–water partition coefficient (Wildman–Crippen LogP) is 4.49. The van der Waals surface area contributed by atoms with E-state index in [9.17, 15) is 9.18 Å². The van der Waals surface area contributed by atoms with E-state index >= 15 is 0 Å².